The molecule has 0 fully saturated rings. The van der Waals surface area contributed by atoms with Gasteiger partial charge in [0, 0.05) is 5.56 Å². The Hall–Kier alpha value is -2.50. The second-order valence-electron chi connectivity index (χ2n) is 3.55. The van der Waals surface area contributed by atoms with Crippen LogP contribution in [0.4, 0.5) is 10.1 Å². The maximum atomic E-state index is 13.3. The van der Waals surface area contributed by atoms with Crippen LogP contribution in [0.1, 0.15) is 0 Å². The molecule has 5 nitrogen and oxygen atoms in total. The van der Waals surface area contributed by atoms with Crippen LogP contribution in [-0.2, 0) is 0 Å². The summed E-state index contributed by atoms with van der Waals surface area (Å²) in [6.45, 7) is 0. The van der Waals surface area contributed by atoms with Gasteiger partial charge in [-0.15, -0.1) is 0 Å². The molecule has 0 saturated heterocycles. The van der Waals surface area contributed by atoms with Gasteiger partial charge in [0.1, 0.15) is 23.5 Å². The van der Waals surface area contributed by atoms with E-state index in [1.165, 1.54) is 12.4 Å². The largest absolute Gasteiger partial charge is 0.396 e. The number of para-hydroxylation sites is 1. The smallest absolute Gasteiger partial charge is 0.181 e. The number of nitrogens with two attached hydrogens (primary N) is 1. The van der Waals surface area contributed by atoms with Gasteiger partial charge in [-0.05, 0) is 12.1 Å². The Morgan fingerprint density at radius 3 is 3.00 bits per heavy atom. The molecule has 0 bridgehead atoms. The van der Waals surface area contributed by atoms with E-state index in [-0.39, 0.29) is 5.69 Å². The van der Waals surface area contributed by atoms with Crippen molar-refractivity contribution in [2.75, 3.05) is 5.73 Å². The van der Waals surface area contributed by atoms with Crippen LogP contribution in [0.5, 0.6) is 0 Å². The Labute approximate surface area is 95.5 Å². The van der Waals surface area contributed by atoms with Crippen LogP contribution in [0.25, 0.3) is 22.6 Å². The molecule has 1 aromatic carbocycles. The van der Waals surface area contributed by atoms with Crippen molar-refractivity contribution in [1.82, 2.24) is 19.9 Å². The van der Waals surface area contributed by atoms with Gasteiger partial charge in [0.05, 0.1) is 11.9 Å². The zero-order valence-corrected chi connectivity index (χ0v) is 8.68. The number of nitrogens with one attached hydrogen (secondary N) is 1. The minimum absolute atomic E-state index is 0.0690. The molecule has 6 heteroatoms. The van der Waals surface area contributed by atoms with Gasteiger partial charge in [-0.3, -0.25) is 0 Å². The summed E-state index contributed by atoms with van der Waals surface area (Å²) in [5, 5.41) is 0. The van der Waals surface area contributed by atoms with Gasteiger partial charge in [-0.1, -0.05) is 6.07 Å². The zero-order valence-electron chi connectivity index (χ0n) is 8.68. The van der Waals surface area contributed by atoms with Crippen molar-refractivity contribution in [1.29, 1.82) is 0 Å². The molecule has 17 heavy (non-hydrogen) atoms. The van der Waals surface area contributed by atoms with Gasteiger partial charge >= 0.3 is 0 Å². The fourth-order valence-corrected chi connectivity index (χ4v) is 1.63. The molecule has 0 unspecified atom stereocenters. The molecule has 0 spiro atoms. The van der Waals surface area contributed by atoms with Crippen LogP contribution in [0.3, 0.4) is 0 Å². The van der Waals surface area contributed by atoms with E-state index in [9.17, 15) is 4.39 Å². The number of hydrogen-bond acceptors (Lipinski definition) is 4. The highest BCUT2D eigenvalue weighted by Crippen LogP contribution is 2.26. The van der Waals surface area contributed by atoms with Crippen LogP contribution in [-0.4, -0.2) is 19.9 Å². The lowest BCUT2D eigenvalue weighted by molar-refractivity contribution is 0.633. The van der Waals surface area contributed by atoms with Gasteiger partial charge < -0.3 is 10.7 Å². The van der Waals surface area contributed by atoms with E-state index < -0.39 is 5.82 Å². The third-order valence-electron chi connectivity index (χ3n) is 2.47. The highest BCUT2D eigenvalue weighted by Gasteiger charge is 2.11. The Balaban J connectivity index is 2.24. The van der Waals surface area contributed by atoms with Crippen molar-refractivity contribution in [3.63, 3.8) is 0 Å². The second kappa shape index (κ2) is 3.51. The van der Waals surface area contributed by atoms with E-state index in [1.54, 1.807) is 18.3 Å². The quantitative estimate of drug-likeness (QED) is 0.623. The van der Waals surface area contributed by atoms with Crippen LogP contribution >= 0.6 is 0 Å². The van der Waals surface area contributed by atoms with Crippen LogP contribution < -0.4 is 5.73 Å². The standard InChI is InChI=1S/C11H8FN5/c12-7-3-1-2-6(9(7)13)10-16-8-4-14-5-15-11(8)17-10/h1-5H,13H2,(H,14,15,16,17). The first kappa shape index (κ1) is 9.71. The van der Waals surface area contributed by atoms with Crippen molar-refractivity contribution in [3.05, 3.63) is 36.5 Å². The zero-order chi connectivity index (χ0) is 11.8. The number of nitrogens with zero attached hydrogens (tertiary/aromatic N) is 3. The monoisotopic (exact) mass is 229 g/mol. The summed E-state index contributed by atoms with van der Waals surface area (Å²) in [7, 11) is 0. The summed E-state index contributed by atoms with van der Waals surface area (Å²) < 4.78 is 13.3. The molecule has 3 rings (SSSR count). The molecule has 84 valence electrons. The fourth-order valence-electron chi connectivity index (χ4n) is 1.63. The molecule has 0 aliphatic rings. The van der Waals surface area contributed by atoms with Gasteiger partial charge in [0.15, 0.2) is 5.65 Å². The number of H-pyrrole nitrogens is 1. The van der Waals surface area contributed by atoms with Gasteiger partial charge in [0.25, 0.3) is 0 Å². The highest BCUT2D eigenvalue weighted by molar-refractivity contribution is 5.79. The van der Waals surface area contributed by atoms with E-state index in [2.05, 4.69) is 19.9 Å². The number of aromatic nitrogens is 4. The van der Waals surface area contributed by atoms with E-state index in [1.807, 2.05) is 0 Å². The summed E-state index contributed by atoms with van der Waals surface area (Å²) in [5.41, 5.74) is 7.46. The lowest BCUT2D eigenvalue weighted by Crippen LogP contribution is -1.94. The first-order valence-corrected chi connectivity index (χ1v) is 4.96. The maximum absolute atomic E-state index is 13.3. The van der Waals surface area contributed by atoms with Gasteiger partial charge in [-0.2, -0.15) is 0 Å². The maximum Gasteiger partial charge on any atom is 0.181 e. The first-order valence-electron chi connectivity index (χ1n) is 4.96. The number of aromatic amines is 1. The number of hydrogen-bond donors (Lipinski definition) is 2. The molecule has 3 N–H and O–H groups in total. The number of rotatable bonds is 1. The SMILES string of the molecule is Nc1c(F)cccc1-c1nc2ncncc2[nH]1. The van der Waals surface area contributed by atoms with Crippen molar-refractivity contribution in [2.45, 2.75) is 0 Å². The second-order valence-corrected chi connectivity index (χ2v) is 3.55. The van der Waals surface area contributed by atoms with Crippen molar-refractivity contribution in [3.8, 4) is 11.4 Å². The predicted octanol–water partition coefficient (Wildman–Crippen LogP) is 1.74. The Kier molecular flexibility index (Phi) is 2.01. The molecular formula is C11H8FN5. The minimum atomic E-state index is -0.464. The normalized spacial score (nSPS) is 10.9. The molecule has 3 aromatic rings. The average Bonchev–Trinajstić information content (AvgIpc) is 2.76. The Morgan fingerprint density at radius 2 is 2.18 bits per heavy atom. The lowest BCUT2D eigenvalue weighted by Gasteiger charge is -2.02. The number of anilines is 1. The summed E-state index contributed by atoms with van der Waals surface area (Å²) in [6, 6.07) is 4.59. The predicted molar refractivity (Wildman–Crippen MR) is 61.5 cm³/mol. The summed E-state index contributed by atoms with van der Waals surface area (Å²) in [6.07, 6.45) is 3.01. The lowest BCUT2D eigenvalue weighted by atomic mass is 10.1. The number of fused-ring (bicyclic) bond motifs is 1. The van der Waals surface area contributed by atoms with Gasteiger partial charge in [-0.25, -0.2) is 19.3 Å². The molecular weight excluding hydrogens is 221 g/mol. The summed E-state index contributed by atoms with van der Waals surface area (Å²) in [4.78, 5) is 15.1. The van der Waals surface area contributed by atoms with E-state index in [4.69, 9.17) is 5.73 Å². The Morgan fingerprint density at radius 1 is 1.29 bits per heavy atom. The Bertz CT molecular complexity index is 658. The molecule has 0 saturated carbocycles. The number of halogens is 1. The molecule has 2 heterocycles. The molecule has 0 aliphatic carbocycles. The average molecular weight is 229 g/mol. The molecule has 0 atom stereocenters. The van der Waals surface area contributed by atoms with Crippen molar-refractivity contribution >= 4 is 16.9 Å². The minimum Gasteiger partial charge on any atom is -0.396 e. The van der Waals surface area contributed by atoms with Crippen LogP contribution in [0.15, 0.2) is 30.7 Å². The van der Waals surface area contributed by atoms with E-state index in [0.717, 1.165) is 0 Å². The third-order valence-corrected chi connectivity index (χ3v) is 2.47. The van der Waals surface area contributed by atoms with Crippen LogP contribution in [0.2, 0.25) is 0 Å². The summed E-state index contributed by atoms with van der Waals surface area (Å²) in [5.74, 6) is 0.0199. The number of nitrogen functional groups attached to an aromatic ring is 1. The molecule has 0 aliphatic heterocycles. The van der Waals surface area contributed by atoms with Crippen molar-refractivity contribution in [2.24, 2.45) is 0 Å². The van der Waals surface area contributed by atoms with Gasteiger partial charge in [0.2, 0.25) is 0 Å². The first-order chi connectivity index (χ1) is 8.25. The molecule has 0 radical (unpaired) electrons. The van der Waals surface area contributed by atoms with E-state index in [0.29, 0.717) is 22.6 Å². The topological polar surface area (TPSA) is 80.5 Å². The molecule has 0 amide bonds. The third kappa shape index (κ3) is 1.50. The van der Waals surface area contributed by atoms with Crippen LogP contribution in [0, 0.1) is 5.82 Å². The number of imidazole rings is 1. The number of benzene rings is 1. The van der Waals surface area contributed by atoms with Crippen molar-refractivity contribution < 1.29 is 4.39 Å². The highest BCUT2D eigenvalue weighted by atomic mass is 19.1. The molecule has 2 aromatic heterocycles. The summed E-state index contributed by atoms with van der Waals surface area (Å²) >= 11 is 0. The fraction of sp³-hybridized carbons (Fsp3) is 0. The van der Waals surface area contributed by atoms with E-state index >= 15 is 0 Å².